The quantitative estimate of drug-likeness (QED) is 0.488. The lowest BCUT2D eigenvalue weighted by atomic mass is 10.1. The lowest BCUT2D eigenvalue weighted by Crippen LogP contribution is -2.48. The van der Waals surface area contributed by atoms with E-state index in [-0.39, 0.29) is 18.0 Å². The SMILES string of the molecule is CCC(=O)N1CCC(NC(=NC)NCC(NC(=O)OC(C)(C)C)c2ccccc2)C1. The van der Waals surface area contributed by atoms with E-state index in [9.17, 15) is 9.59 Å². The van der Waals surface area contributed by atoms with Gasteiger partial charge in [0.15, 0.2) is 5.96 Å². The molecule has 1 aliphatic rings. The normalized spacial score (nSPS) is 18.0. The van der Waals surface area contributed by atoms with Crippen LogP contribution in [-0.4, -0.2) is 61.2 Å². The first-order valence-electron chi connectivity index (χ1n) is 10.5. The summed E-state index contributed by atoms with van der Waals surface area (Å²) in [6, 6.07) is 9.59. The van der Waals surface area contributed by atoms with Crippen LogP contribution in [0.5, 0.6) is 0 Å². The number of hydrogen-bond acceptors (Lipinski definition) is 4. The van der Waals surface area contributed by atoms with Crippen LogP contribution in [0.3, 0.4) is 0 Å². The fourth-order valence-electron chi connectivity index (χ4n) is 3.30. The number of hydrogen-bond donors (Lipinski definition) is 3. The number of carbonyl (C=O) groups excluding carboxylic acids is 2. The number of nitrogens with zero attached hydrogens (tertiary/aromatic N) is 2. The first kappa shape index (κ1) is 23.5. The second kappa shape index (κ2) is 10.8. The minimum Gasteiger partial charge on any atom is -0.444 e. The first-order chi connectivity index (χ1) is 14.2. The molecular formula is C22H35N5O3. The second-order valence-electron chi connectivity index (χ2n) is 8.39. The molecule has 1 heterocycles. The van der Waals surface area contributed by atoms with Crippen molar-refractivity contribution < 1.29 is 14.3 Å². The maximum absolute atomic E-state index is 12.3. The van der Waals surface area contributed by atoms with Gasteiger partial charge in [-0.15, -0.1) is 0 Å². The van der Waals surface area contributed by atoms with Gasteiger partial charge >= 0.3 is 6.09 Å². The van der Waals surface area contributed by atoms with Crippen LogP contribution in [-0.2, 0) is 9.53 Å². The van der Waals surface area contributed by atoms with Crippen molar-refractivity contribution in [1.82, 2.24) is 20.9 Å². The number of aliphatic imine (C=N–C) groups is 1. The van der Waals surface area contributed by atoms with Crippen LogP contribution in [0.1, 0.15) is 52.1 Å². The third kappa shape index (κ3) is 7.57. The van der Waals surface area contributed by atoms with Crippen LogP contribution in [0.25, 0.3) is 0 Å². The number of alkyl carbamates (subject to hydrolysis) is 1. The molecule has 166 valence electrons. The monoisotopic (exact) mass is 417 g/mol. The highest BCUT2D eigenvalue weighted by molar-refractivity contribution is 5.80. The topological polar surface area (TPSA) is 95.1 Å². The van der Waals surface area contributed by atoms with E-state index in [2.05, 4.69) is 20.9 Å². The third-order valence-electron chi connectivity index (χ3n) is 4.77. The molecule has 1 aromatic carbocycles. The molecule has 0 radical (unpaired) electrons. The fourth-order valence-corrected chi connectivity index (χ4v) is 3.30. The van der Waals surface area contributed by atoms with Crippen molar-refractivity contribution in [3.05, 3.63) is 35.9 Å². The van der Waals surface area contributed by atoms with Crippen molar-refractivity contribution in [2.45, 2.75) is 58.2 Å². The van der Waals surface area contributed by atoms with Crippen molar-refractivity contribution in [2.75, 3.05) is 26.7 Å². The minimum atomic E-state index is -0.569. The van der Waals surface area contributed by atoms with Gasteiger partial charge in [-0.3, -0.25) is 9.79 Å². The zero-order chi connectivity index (χ0) is 22.1. The summed E-state index contributed by atoms with van der Waals surface area (Å²) < 4.78 is 5.41. The molecule has 30 heavy (non-hydrogen) atoms. The van der Waals surface area contributed by atoms with Crippen LogP contribution in [0.4, 0.5) is 4.79 Å². The Kier molecular flexibility index (Phi) is 8.50. The van der Waals surface area contributed by atoms with E-state index in [0.717, 1.165) is 18.5 Å². The summed E-state index contributed by atoms with van der Waals surface area (Å²) in [6.45, 7) is 9.25. The van der Waals surface area contributed by atoms with Crippen LogP contribution in [0.2, 0.25) is 0 Å². The first-order valence-corrected chi connectivity index (χ1v) is 10.5. The molecule has 0 bridgehead atoms. The van der Waals surface area contributed by atoms with Crippen molar-refractivity contribution in [3.63, 3.8) is 0 Å². The van der Waals surface area contributed by atoms with Crippen molar-refractivity contribution >= 4 is 18.0 Å². The van der Waals surface area contributed by atoms with Crippen LogP contribution in [0, 0.1) is 0 Å². The predicted molar refractivity (Wildman–Crippen MR) is 118 cm³/mol. The predicted octanol–water partition coefficient (Wildman–Crippen LogP) is 2.43. The van der Waals surface area contributed by atoms with E-state index < -0.39 is 11.7 Å². The summed E-state index contributed by atoms with van der Waals surface area (Å²) in [6.07, 6.45) is 0.935. The Morgan fingerprint density at radius 3 is 2.57 bits per heavy atom. The number of rotatable bonds is 6. The maximum atomic E-state index is 12.3. The molecule has 2 rings (SSSR count). The van der Waals surface area contributed by atoms with E-state index in [1.165, 1.54) is 0 Å². The molecular weight excluding hydrogens is 382 g/mol. The highest BCUT2D eigenvalue weighted by Gasteiger charge is 2.26. The van der Waals surface area contributed by atoms with E-state index >= 15 is 0 Å². The Bertz CT molecular complexity index is 730. The number of amides is 2. The van der Waals surface area contributed by atoms with E-state index in [4.69, 9.17) is 4.74 Å². The van der Waals surface area contributed by atoms with Crippen molar-refractivity contribution in [2.24, 2.45) is 4.99 Å². The summed E-state index contributed by atoms with van der Waals surface area (Å²) >= 11 is 0. The van der Waals surface area contributed by atoms with Crippen LogP contribution in [0.15, 0.2) is 35.3 Å². The lowest BCUT2D eigenvalue weighted by Gasteiger charge is -2.25. The Balaban J connectivity index is 1.96. The molecule has 1 aliphatic heterocycles. The van der Waals surface area contributed by atoms with Gasteiger partial charge in [-0.05, 0) is 32.8 Å². The number of carbonyl (C=O) groups is 2. The summed E-state index contributed by atoms with van der Waals surface area (Å²) in [5.74, 6) is 0.811. The Morgan fingerprint density at radius 2 is 1.97 bits per heavy atom. The van der Waals surface area contributed by atoms with Gasteiger partial charge in [-0.25, -0.2) is 4.79 Å². The molecule has 1 fully saturated rings. The van der Waals surface area contributed by atoms with Gasteiger partial charge in [0.05, 0.1) is 6.04 Å². The number of likely N-dealkylation sites (tertiary alicyclic amines) is 1. The Labute approximate surface area is 179 Å². The maximum Gasteiger partial charge on any atom is 0.408 e. The summed E-state index contributed by atoms with van der Waals surface area (Å²) in [4.78, 5) is 30.4. The molecule has 0 saturated carbocycles. The molecule has 0 aromatic heterocycles. The number of benzene rings is 1. The van der Waals surface area contributed by atoms with Gasteiger partial charge in [0, 0.05) is 39.1 Å². The lowest BCUT2D eigenvalue weighted by molar-refractivity contribution is -0.129. The van der Waals surface area contributed by atoms with Crippen LogP contribution < -0.4 is 16.0 Å². The summed E-state index contributed by atoms with van der Waals surface area (Å²) in [5, 5.41) is 9.59. The van der Waals surface area contributed by atoms with Crippen molar-refractivity contribution in [3.8, 4) is 0 Å². The fraction of sp³-hybridized carbons (Fsp3) is 0.591. The van der Waals surface area contributed by atoms with Gasteiger partial charge in [-0.2, -0.15) is 0 Å². The average molecular weight is 418 g/mol. The molecule has 8 nitrogen and oxygen atoms in total. The highest BCUT2D eigenvalue weighted by Crippen LogP contribution is 2.14. The Morgan fingerprint density at radius 1 is 1.27 bits per heavy atom. The van der Waals surface area contributed by atoms with Gasteiger partial charge in [-0.1, -0.05) is 37.3 Å². The summed E-state index contributed by atoms with van der Waals surface area (Å²) in [7, 11) is 1.71. The zero-order valence-electron chi connectivity index (χ0n) is 18.7. The van der Waals surface area contributed by atoms with Gasteiger partial charge in [0.2, 0.25) is 5.91 Å². The smallest absolute Gasteiger partial charge is 0.408 e. The average Bonchev–Trinajstić information content (AvgIpc) is 3.17. The van der Waals surface area contributed by atoms with E-state index in [1.54, 1.807) is 7.05 Å². The number of nitrogens with one attached hydrogen (secondary N) is 3. The van der Waals surface area contributed by atoms with Crippen molar-refractivity contribution in [1.29, 1.82) is 0 Å². The summed E-state index contributed by atoms with van der Waals surface area (Å²) in [5.41, 5.74) is 0.396. The molecule has 1 saturated heterocycles. The second-order valence-corrected chi connectivity index (χ2v) is 8.39. The minimum absolute atomic E-state index is 0.153. The molecule has 2 atom stereocenters. The van der Waals surface area contributed by atoms with Gasteiger partial charge in [0.25, 0.3) is 0 Å². The standard InChI is InChI=1S/C22H35N5O3/c1-6-19(28)27-13-12-17(15-27)25-20(23-5)24-14-18(16-10-8-7-9-11-16)26-21(29)30-22(2,3)4/h7-11,17-18H,6,12-15H2,1-5H3,(H,26,29)(H2,23,24,25). The largest absolute Gasteiger partial charge is 0.444 e. The third-order valence-corrected chi connectivity index (χ3v) is 4.77. The van der Waals surface area contributed by atoms with Crippen LogP contribution >= 0.6 is 0 Å². The molecule has 2 amide bonds. The van der Waals surface area contributed by atoms with Gasteiger partial charge < -0.3 is 25.6 Å². The molecule has 0 spiro atoms. The molecule has 8 heteroatoms. The Hall–Kier alpha value is -2.77. The van der Waals surface area contributed by atoms with Gasteiger partial charge in [0.1, 0.15) is 5.60 Å². The molecule has 1 aromatic rings. The van der Waals surface area contributed by atoms with E-state index in [0.29, 0.717) is 25.5 Å². The molecule has 2 unspecified atom stereocenters. The highest BCUT2D eigenvalue weighted by atomic mass is 16.6. The number of guanidine groups is 1. The molecule has 3 N–H and O–H groups in total. The molecule has 0 aliphatic carbocycles. The zero-order valence-corrected chi connectivity index (χ0v) is 18.7. The number of ether oxygens (including phenoxy) is 1. The van der Waals surface area contributed by atoms with E-state index in [1.807, 2.05) is 62.9 Å².